The molecule has 0 amide bonds. The third-order valence-electron chi connectivity index (χ3n) is 2.21. The van der Waals surface area contributed by atoms with Crippen molar-refractivity contribution in [3.8, 4) is 0 Å². The van der Waals surface area contributed by atoms with Crippen LogP contribution in [0, 0.1) is 6.92 Å². The van der Waals surface area contributed by atoms with Crippen molar-refractivity contribution in [2.45, 2.75) is 26.9 Å². The summed E-state index contributed by atoms with van der Waals surface area (Å²) >= 11 is 0. The van der Waals surface area contributed by atoms with Crippen molar-refractivity contribution in [3.05, 3.63) is 17.7 Å². The van der Waals surface area contributed by atoms with Gasteiger partial charge in [-0.25, -0.2) is 4.98 Å². The molecule has 0 spiro atoms. The van der Waals surface area contributed by atoms with E-state index in [1.165, 1.54) is 5.69 Å². The minimum absolute atomic E-state index is 0.732. The Hall–Kier alpha value is -0.870. The first-order valence-corrected chi connectivity index (χ1v) is 5.00. The molecule has 0 saturated heterocycles. The second-order valence-corrected chi connectivity index (χ2v) is 3.22. The lowest BCUT2D eigenvalue weighted by Crippen LogP contribution is -2.17. The smallest absolute Gasteiger partial charge is 0.105 e. The molecule has 0 aromatic carbocycles. The van der Waals surface area contributed by atoms with E-state index < -0.39 is 0 Å². The highest BCUT2D eigenvalue weighted by atomic mass is 16.5. The van der Waals surface area contributed by atoms with Gasteiger partial charge in [0.1, 0.15) is 5.82 Å². The molecule has 1 rings (SSSR count). The van der Waals surface area contributed by atoms with Crippen LogP contribution in [0.4, 0.5) is 0 Å². The Kier molecular flexibility index (Phi) is 4.62. The van der Waals surface area contributed by atoms with Gasteiger partial charge in [-0.15, -0.1) is 0 Å². The maximum absolute atomic E-state index is 5.06. The highest BCUT2D eigenvalue weighted by molar-refractivity contribution is 5.04. The standard InChI is InChI=1S/C10H19N3O/c1-4-11-7-10-8-12-9(2)13(10)5-6-14-3/h8,11H,4-7H2,1-3H3. The molecule has 0 radical (unpaired) electrons. The summed E-state index contributed by atoms with van der Waals surface area (Å²) in [5, 5.41) is 3.29. The van der Waals surface area contributed by atoms with Crippen LogP contribution < -0.4 is 5.32 Å². The number of methoxy groups -OCH3 is 1. The molecule has 0 saturated carbocycles. The molecule has 1 heterocycles. The highest BCUT2D eigenvalue weighted by Gasteiger charge is 2.04. The van der Waals surface area contributed by atoms with Gasteiger partial charge in [0, 0.05) is 26.4 Å². The average Bonchev–Trinajstić information content (AvgIpc) is 2.53. The van der Waals surface area contributed by atoms with Crippen LogP contribution in [-0.4, -0.2) is 29.8 Å². The summed E-state index contributed by atoms with van der Waals surface area (Å²) in [7, 11) is 1.72. The summed E-state index contributed by atoms with van der Waals surface area (Å²) in [6.45, 7) is 7.59. The van der Waals surface area contributed by atoms with Gasteiger partial charge in [0.15, 0.2) is 0 Å². The number of hydrogen-bond donors (Lipinski definition) is 1. The van der Waals surface area contributed by atoms with Gasteiger partial charge in [-0.3, -0.25) is 0 Å². The molecule has 0 aliphatic rings. The fourth-order valence-electron chi connectivity index (χ4n) is 1.40. The van der Waals surface area contributed by atoms with E-state index in [1.54, 1.807) is 7.11 Å². The molecule has 0 atom stereocenters. The van der Waals surface area contributed by atoms with Crippen LogP contribution in [0.5, 0.6) is 0 Å². The fourth-order valence-corrected chi connectivity index (χ4v) is 1.40. The zero-order valence-electron chi connectivity index (χ0n) is 9.21. The lowest BCUT2D eigenvalue weighted by atomic mass is 10.4. The van der Waals surface area contributed by atoms with Gasteiger partial charge in [-0.05, 0) is 13.5 Å². The quantitative estimate of drug-likeness (QED) is 0.738. The zero-order chi connectivity index (χ0) is 10.4. The van der Waals surface area contributed by atoms with E-state index >= 15 is 0 Å². The van der Waals surface area contributed by atoms with Gasteiger partial charge in [0.25, 0.3) is 0 Å². The van der Waals surface area contributed by atoms with Crippen LogP contribution in [-0.2, 0) is 17.8 Å². The number of ether oxygens (including phenoxy) is 1. The molecular weight excluding hydrogens is 178 g/mol. The topological polar surface area (TPSA) is 39.1 Å². The SMILES string of the molecule is CCNCc1cnc(C)n1CCOC. The molecule has 14 heavy (non-hydrogen) atoms. The lowest BCUT2D eigenvalue weighted by molar-refractivity contribution is 0.185. The molecule has 1 N–H and O–H groups in total. The molecule has 4 heteroatoms. The number of nitrogens with zero attached hydrogens (tertiary/aromatic N) is 2. The largest absolute Gasteiger partial charge is 0.383 e. The predicted molar refractivity (Wildman–Crippen MR) is 56.2 cm³/mol. The van der Waals surface area contributed by atoms with E-state index in [9.17, 15) is 0 Å². The summed E-state index contributed by atoms with van der Waals surface area (Å²) in [6, 6.07) is 0. The van der Waals surface area contributed by atoms with E-state index in [2.05, 4.69) is 21.8 Å². The Morgan fingerprint density at radius 2 is 2.36 bits per heavy atom. The molecule has 0 fully saturated rings. The second kappa shape index (κ2) is 5.78. The van der Waals surface area contributed by atoms with Crippen LogP contribution in [0.3, 0.4) is 0 Å². The van der Waals surface area contributed by atoms with E-state index in [1.807, 2.05) is 13.1 Å². The van der Waals surface area contributed by atoms with Crippen molar-refractivity contribution in [3.63, 3.8) is 0 Å². The van der Waals surface area contributed by atoms with Crippen LogP contribution in [0.25, 0.3) is 0 Å². The molecule has 1 aromatic heterocycles. The highest BCUT2D eigenvalue weighted by Crippen LogP contribution is 2.04. The molecule has 1 aromatic rings. The molecule has 4 nitrogen and oxygen atoms in total. The minimum Gasteiger partial charge on any atom is -0.383 e. The van der Waals surface area contributed by atoms with Crippen LogP contribution >= 0.6 is 0 Å². The van der Waals surface area contributed by atoms with E-state index in [-0.39, 0.29) is 0 Å². The Morgan fingerprint density at radius 3 is 3.00 bits per heavy atom. The number of imidazole rings is 1. The number of rotatable bonds is 6. The predicted octanol–water partition coefficient (Wildman–Crippen LogP) is 0.947. The molecule has 0 aliphatic heterocycles. The van der Waals surface area contributed by atoms with Gasteiger partial charge >= 0.3 is 0 Å². The summed E-state index contributed by atoms with van der Waals surface area (Å²) in [4.78, 5) is 4.29. The van der Waals surface area contributed by atoms with E-state index in [0.29, 0.717) is 0 Å². The third-order valence-corrected chi connectivity index (χ3v) is 2.21. The normalized spacial score (nSPS) is 10.8. The Balaban J connectivity index is 2.62. The van der Waals surface area contributed by atoms with Crippen molar-refractivity contribution in [2.24, 2.45) is 0 Å². The van der Waals surface area contributed by atoms with Crippen LogP contribution in [0.1, 0.15) is 18.4 Å². The Morgan fingerprint density at radius 1 is 1.57 bits per heavy atom. The first-order valence-electron chi connectivity index (χ1n) is 5.00. The van der Waals surface area contributed by atoms with Crippen molar-refractivity contribution in [2.75, 3.05) is 20.3 Å². The van der Waals surface area contributed by atoms with Gasteiger partial charge < -0.3 is 14.6 Å². The van der Waals surface area contributed by atoms with Gasteiger partial charge in [-0.1, -0.05) is 6.92 Å². The van der Waals surface area contributed by atoms with Gasteiger partial charge in [-0.2, -0.15) is 0 Å². The van der Waals surface area contributed by atoms with Crippen molar-refractivity contribution in [1.82, 2.24) is 14.9 Å². The summed E-state index contributed by atoms with van der Waals surface area (Å²) in [5.41, 5.74) is 1.22. The van der Waals surface area contributed by atoms with Gasteiger partial charge in [0.2, 0.25) is 0 Å². The summed E-state index contributed by atoms with van der Waals surface area (Å²) in [5.74, 6) is 1.05. The van der Waals surface area contributed by atoms with Crippen molar-refractivity contribution < 1.29 is 4.74 Å². The summed E-state index contributed by atoms with van der Waals surface area (Å²) < 4.78 is 7.25. The number of aromatic nitrogens is 2. The molecule has 0 unspecified atom stereocenters. The number of nitrogens with one attached hydrogen (secondary N) is 1. The van der Waals surface area contributed by atoms with Crippen molar-refractivity contribution in [1.29, 1.82) is 0 Å². The van der Waals surface area contributed by atoms with Gasteiger partial charge in [0.05, 0.1) is 12.3 Å². The lowest BCUT2D eigenvalue weighted by Gasteiger charge is -2.09. The fraction of sp³-hybridized carbons (Fsp3) is 0.700. The zero-order valence-corrected chi connectivity index (χ0v) is 9.21. The molecule has 0 bridgehead atoms. The maximum atomic E-state index is 5.06. The van der Waals surface area contributed by atoms with Crippen molar-refractivity contribution >= 4 is 0 Å². The Labute approximate surface area is 85.3 Å². The molecule has 0 aliphatic carbocycles. The average molecular weight is 197 g/mol. The Bertz CT molecular complexity index is 270. The number of hydrogen-bond acceptors (Lipinski definition) is 3. The van der Waals surface area contributed by atoms with Crippen LogP contribution in [0.15, 0.2) is 6.20 Å². The molecular formula is C10H19N3O. The minimum atomic E-state index is 0.732. The molecule has 80 valence electrons. The summed E-state index contributed by atoms with van der Waals surface area (Å²) in [6.07, 6.45) is 1.92. The first-order chi connectivity index (χ1) is 6.79. The van der Waals surface area contributed by atoms with Crippen LogP contribution in [0.2, 0.25) is 0 Å². The third kappa shape index (κ3) is 2.82. The number of aryl methyl sites for hydroxylation is 1. The van der Waals surface area contributed by atoms with E-state index in [0.717, 1.165) is 32.1 Å². The maximum Gasteiger partial charge on any atom is 0.105 e. The van der Waals surface area contributed by atoms with E-state index in [4.69, 9.17) is 4.74 Å². The first kappa shape index (κ1) is 11.2. The second-order valence-electron chi connectivity index (χ2n) is 3.22. The monoisotopic (exact) mass is 197 g/mol.